The van der Waals surface area contributed by atoms with E-state index in [0.717, 1.165) is 30.3 Å². The highest BCUT2D eigenvalue weighted by Crippen LogP contribution is 2.21. The molecule has 1 aromatic rings. The van der Waals surface area contributed by atoms with E-state index in [0.29, 0.717) is 0 Å². The van der Waals surface area contributed by atoms with Crippen LogP contribution in [0.1, 0.15) is 11.4 Å². The van der Waals surface area contributed by atoms with Gasteiger partial charge in [0, 0.05) is 17.7 Å². The Morgan fingerprint density at radius 2 is 2.36 bits per heavy atom. The minimum absolute atomic E-state index is 0.766. The van der Waals surface area contributed by atoms with Gasteiger partial charge in [0.2, 0.25) is 0 Å². The highest BCUT2D eigenvalue weighted by atomic mass is 32.2. The Bertz CT molecular complexity index is 260. The predicted molar refractivity (Wildman–Crippen MR) is 63.9 cm³/mol. The lowest BCUT2D eigenvalue weighted by Crippen LogP contribution is -2.10. The average molecular weight is 231 g/mol. The second kappa shape index (κ2) is 6.40. The van der Waals surface area contributed by atoms with E-state index in [4.69, 9.17) is 5.73 Å². The van der Waals surface area contributed by atoms with Gasteiger partial charge in [0.1, 0.15) is 10.0 Å². The van der Waals surface area contributed by atoms with Crippen LogP contribution in [0.5, 0.6) is 0 Å². The molecule has 0 saturated carbocycles. The summed E-state index contributed by atoms with van der Waals surface area (Å²) in [5.41, 5.74) is 5.43. The maximum absolute atomic E-state index is 5.43. The molecule has 0 spiro atoms. The van der Waals surface area contributed by atoms with Gasteiger partial charge >= 0.3 is 0 Å². The number of hydrogen-bond acceptors (Lipinski definition) is 5. The van der Waals surface area contributed by atoms with Crippen LogP contribution in [0.3, 0.4) is 0 Å². The third-order valence-electron chi connectivity index (χ3n) is 1.58. The van der Waals surface area contributed by atoms with Crippen LogP contribution in [0.2, 0.25) is 0 Å². The van der Waals surface area contributed by atoms with Gasteiger partial charge in [-0.1, -0.05) is 0 Å². The van der Waals surface area contributed by atoms with Crippen molar-refractivity contribution < 1.29 is 0 Å². The smallest absolute Gasteiger partial charge is 0.108 e. The molecule has 0 aliphatic carbocycles. The fourth-order valence-electron chi connectivity index (χ4n) is 0.964. The van der Waals surface area contributed by atoms with Crippen LogP contribution in [-0.2, 0) is 6.54 Å². The Morgan fingerprint density at radius 1 is 1.57 bits per heavy atom. The zero-order chi connectivity index (χ0) is 10.4. The van der Waals surface area contributed by atoms with Crippen molar-refractivity contribution in [3.8, 4) is 0 Å². The molecular weight excluding hydrogens is 214 g/mol. The van der Waals surface area contributed by atoms with Crippen molar-refractivity contribution in [2.75, 3.05) is 26.4 Å². The first kappa shape index (κ1) is 12.0. The number of aromatic nitrogens is 1. The lowest BCUT2D eigenvalue weighted by atomic mass is 10.5. The molecule has 80 valence electrons. The second-order valence-electron chi connectivity index (χ2n) is 3.31. The standard InChI is InChI=1S/C9H17N3S2/c1-12(2)6-8-11-9(7-14-8)13-5-3-4-10/h7H,3-6,10H2,1-2H3. The molecule has 1 heterocycles. The highest BCUT2D eigenvalue weighted by molar-refractivity contribution is 7.99. The second-order valence-corrected chi connectivity index (χ2v) is 5.37. The van der Waals surface area contributed by atoms with Crippen LogP contribution in [0.25, 0.3) is 0 Å². The summed E-state index contributed by atoms with van der Waals surface area (Å²) in [6, 6.07) is 0. The van der Waals surface area contributed by atoms with Crippen molar-refractivity contribution in [1.29, 1.82) is 0 Å². The lowest BCUT2D eigenvalue weighted by Gasteiger charge is -2.04. The molecule has 5 heteroatoms. The van der Waals surface area contributed by atoms with Gasteiger partial charge in [0.05, 0.1) is 0 Å². The Balaban J connectivity index is 2.35. The number of nitrogens with zero attached hydrogens (tertiary/aromatic N) is 2. The van der Waals surface area contributed by atoms with Crippen molar-refractivity contribution in [3.05, 3.63) is 10.4 Å². The van der Waals surface area contributed by atoms with Crippen LogP contribution in [0.15, 0.2) is 10.4 Å². The molecular formula is C9H17N3S2. The first-order valence-corrected chi connectivity index (χ1v) is 6.51. The zero-order valence-corrected chi connectivity index (χ0v) is 10.3. The number of thioether (sulfide) groups is 1. The minimum Gasteiger partial charge on any atom is -0.330 e. The number of hydrogen-bond donors (Lipinski definition) is 1. The third kappa shape index (κ3) is 4.41. The summed E-state index contributed by atoms with van der Waals surface area (Å²) in [4.78, 5) is 6.65. The van der Waals surface area contributed by atoms with Gasteiger partial charge in [0.25, 0.3) is 0 Å². The van der Waals surface area contributed by atoms with Crippen molar-refractivity contribution in [2.24, 2.45) is 5.73 Å². The highest BCUT2D eigenvalue weighted by Gasteiger charge is 2.02. The van der Waals surface area contributed by atoms with Gasteiger partial charge in [0.15, 0.2) is 0 Å². The Hall–Kier alpha value is -0.100. The van der Waals surface area contributed by atoms with E-state index in [2.05, 4.69) is 29.4 Å². The molecule has 3 nitrogen and oxygen atoms in total. The van der Waals surface area contributed by atoms with E-state index >= 15 is 0 Å². The summed E-state index contributed by atoms with van der Waals surface area (Å²) >= 11 is 3.52. The van der Waals surface area contributed by atoms with Crippen LogP contribution in [-0.4, -0.2) is 36.3 Å². The maximum Gasteiger partial charge on any atom is 0.108 e. The van der Waals surface area contributed by atoms with Crippen LogP contribution in [0.4, 0.5) is 0 Å². The summed E-state index contributed by atoms with van der Waals surface area (Å²) in [6.07, 6.45) is 1.06. The maximum atomic E-state index is 5.43. The number of nitrogens with two attached hydrogens (primary N) is 1. The van der Waals surface area contributed by atoms with Crippen LogP contribution in [0, 0.1) is 0 Å². The van der Waals surface area contributed by atoms with E-state index < -0.39 is 0 Å². The van der Waals surface area contributed by atoms with E-state index in [1.165, 1.54) is 5.01 Å². The van der Waals surface area contributed by atoms with Gasteiger partial charge in [-0.25, -0.2) is 4.98 Å². The molecule has 0 unspecified atom stereocenters. The van der Waals surface area contributed by atoms with Crippen molar-refractivity contribution >= 4 is 23.1 Å². The molecule has 1 rings (SSSR count). The molecule has 0 bridgehead atoms. The molecule has 2 N–H and O–H groups in total. The first-order valence-electron chi connectivity index (χ1n) is 4.64. The predicted octanol–water partition coefficient (Wildman–Crippen LogP) is 1.65. The monoisotopic (exact) mass is 231 g/mol. The quantitative estimate of drug-likeness (QED) is 0.597. The molecule has 0 aliphatic rings. The van der Waals surface area contributed by atoms with Gasteiger partial charge in [-0.2, -0.15) is 0 Å². The van der Waals surface area contributed by atoms with Crippen LogP contribution < -0.4 is 5.73 Å². The molecule has 0 amide bonds. The summed E-state index contributed by atoms with van der Waals surface area (Å²) in [5.74, 6) is 1.07. The minimum atomic E-state index is 0.766. The van der Waals surface area contributed by atoms with Gasteiger partial charge in [-0.15, -0.1) is 23.1 Å². The lowest BCUT2D eigenvalue weighted by molar-refractivity contribution is 0.401. The van der Waals surface area contributed by atoms with Gasteiger partial charge in [-0.3, -0.25) is 0 Å². The Labute approximate surface area is 93.7 Å². The fourth-order valence-corrected chi connectivity index (χ4v) is 2.91. The Kier molecular flexibility index (Phi) is 5.47. The third-order valence-corrected chi connectivity index (χ3v) is 3.56. The Morgan fingerprint density at radius 3 is 3.00 bits per heavy atom. The molecule has 0 atom stereocenters. The summed E-state index contributed by atoms with van der Waals surface area (Å²) in [5, 5.41) is 4.45. The molecule has 1 aromatic heterocycles. The fraction of sp³-hybridized carbons (Fsp3) is 0.667. The molecule has 0 saturated heterocycles. The summed E-state index contributed by atoms with van der Waals surface area (Å²) in [6.45, 7) is 1.70. The largest absolute Gasteiger partial charge is 0.330 e. The molecule has 0 fully saturated rings. The van der Waals surface area contributed by atoms with Crippen LogP contribution >= 0.6 is 23.1 Å². The van der Waals surface area contributed by atoms with E-state index in [9.17, 15) is 0 Å². The SMILES string of the molecule is CN(C)Cc1nc(SCCCN)cs1. The zero-order valence-electron chi connectivity index (χ0n) is 8.69. The average Bonchev–Trinajstić information content (AvgIpc) is 2.52. The molecule has 14 heavy (non-hydrogen) atoms. The van der Waals surface area contributed by atoms with Gasteiger partial charge < -0.3 is 10.6 Å². The normalized spacial score (nSPS) is 11.1. The molecule has 0 aliphatic heterocycles. The molecule has 0 aromatic carbocycles. The number of thiazole rings is 1. The van der Waals surface area contributed by atoms with E-state index in [-0.39, 0.29) is 0 Å². The van der Waals surface area contributed by atoms with E-state index in [1.54, 1.807) is 23.1 Å². The van der Waals surface area contributed by atoms with Crippen molar-refractivity contribution in [1.82, 2.24) is 9.88 Å². The van der Waals surface area contributed by atoms with Crippen molar-refractivity contribution in [2.45, 2.75) is 18.0 Å². The summed E-state index contributed by atoms with van der Waals surface area (Å²) in [7, 11) is 4.12. The topological polar surface area (TPSA) is 42.2 Å². The summed E-state index contributed by atoms with van der Waals surface area (Å²) < 4.78 is 0. The van der Waals surface area contributed by atoms with Crippen molar-refractivity contribution in [3.63, 3.8) is 0 Å². The number of rotatable bonds is 6. The molecule has 0 radical (unpaired) electrons. The van der Waals surface area contributed by atoms with E-state index in [1.807, 2.05) is 0 Å². The first-order chi connectivity index (χ1) is 6.72. The van der Waals surface area contributed by atoms with Gasteiger partial charge in [-0.05, 0) is 27.1 Å².